The molecule has 0 saturated carbocycles. The maximum Gasteiger partial charge on any atom is 0.416 e. The van der Waals surface area contributed by atoms with Crippen molar-refractivity contribution in [2.75, 3.05) is 5.32 Å². The van der Waals surface area contributed by atoms with E-state index in [1.165, 1.54) is 12.1 Å². The summed E-state index contributed by atoms with van der Waals surface area (Å²) in [6.07, 6.45) is -3.38. The maximum absolute atomic E-state index is 12.7. The molecule has 3 nitrogen and oxygen atoms in total. The summed E-state index contributed by atoms with van der Waals surface area (Å²) in [6.45, 7) is 0. The van der Waals surface area contributed by atoms with E-state index in [-0.39, 0.29) is 11.1 Å². The highest BCUT2D eigenvalue weighted by Gasteiger charge is 2.30. The van der Waals surface area contributed by atoms with Gasteiger partial charge in [0.1, 0.15) is 11.6 Å². The Kier molecular flexibility index (Phi) is 5.42. The molecule has 24 heavy (non-hydrogen) atoms. The molecule has 2 aromatic carbocycles. The van der Waals surface area contributed by atoms with Crippen LogP contribution in [0.2, 0.25) is 0 Å². The summed E-state index contributed by atoms with van der Waals surface area (Å²) in [4.78, 5) is 12.1. The molecule has 2 rings (SSSR count). The molecule has 0 saturated heterocycles. The van der Waals surface area contributed by atoms with E-state index in [9.17, 15) is 18.0 Å². The van der Waals surface area contributed by atoms with Gasteiger partial charge in [0.05, 0.1) is 5.56 Å². The normalized spacial score (nSPS) is 11.7. The quantitative estimate of drug-likeness (QED) is 0.587. The van der Waals surface area contributed by atoms with Gasteiger partial charge in [0.25, 0.3) is 5.91 Å². The number of rotatable bonds is 3. The third kappa shape index (κ3) is 4.70. The molecule has 1 N–H and O–H groups in total. The van der Waals surface area contributed by atoms with Crippen molar-refractivity contribution in [1.82, 2.24) is 0 Å². The molecule has 0 aromatic heterocycles. The molecule has 0 spiro atoms. The lowest BCUT2D eigenvalue weighted by atomic mass is 10.1. The Bertz CT molecular complexity index is 821. The predicted molar refractivity (Wildman–Crippen MR) is 87.8 cm³/mol. The first-order valence-electron chi connectivity index (χ1n) is 6.65. The number of carbonyl (C=O) groups is 1. The molecule has 0 aliphatic carbocycles. The van der Waals surface area contributed by atoms with Gasteiger partial charge in [0, 0.05) is 10.2 Å². The molecule has 0 aliphatic heterocycles. The summed E-state index contributed by atoms with van der Waals surface area (Å²) in [5.74, 6) is -0.697. The second-order valence-corrected chi connectivity index (χ2v) is 5.67. The van der Waals surface area contributed by atoms with E-state index in [1.807, 2.05) is 0 Å². The Hall–Kier alpha value is -2.59. The molecular weight excluding hydrogens is 385 g/mol. The van der Waals surface area contributed by atoms with Crippen LogP contribution in [-0.4, -0.2) is 5.91 Å². The highest BCUT2D eigenvalue weighted by atomic mass is 79.9. The lowest BCUT2D eigenvalue weighted by Crippen LogP contribution is -2.13. The standard InChI is InChI=1S/C17H10BrF3N2O/c18-14-4-6-15(7-5-14)23-16(24)12(10-22)8-11-2-1-3-13(9-11)17(19,20)21/h1-9H,(H,23,24)/b12-8-. The lowest BCUT2D eigenvalue weighted by Gasteiger charge is -2.07. The Balaban J connectivity index is 2.24. The number of carbonyl (C=O) groups excluding carboxylic acids is 1. The van der Waals surface area contributed by atoms with Crippen molar-refractivity contribution < 1.29 is 18.0 Å². The summed E-state index contributed by atoms with van der Waals surface area (Å²) < 4.78 is 38.9. The van der Waals surface area contributed by atoms with Crippen LogP contribution in [0.4, 0.5) is 18.9 Å². The van der Waals surface area contributed by atoms with Crippen molar-refractivity contribution in [2.24, 2.45) is 0 Å². The summed E-state index contributed by atoms with van der Waals surface area (Å²) in [5.41, 5.74) is -0.556. The number of halogens is 4. The molecule has 0 fully saturated rings. The van der Waals surface area contributed by atoms with Gasteiger partial charge in [-0.05, 0) is 48.0 Å². The molecule has 0 aliphatic rings. The Morgan fingerprint density at radius 3 is 2.42 bits per heavy atom. The van der Waals surface area contributed by atoms with Crippen molar-refractivity contribution in [2.45, 2.75) is 6.18 Å². The van der Waals surface area contributed by atoms with Gasteiger partial charge in [-0.15, -0.1) is 0 Å². The average Bonchev–Trinajstić information content (AvgIpc) is 2.54. The third-order valence-corrected chi connectivity index (χ3v) is 3.52. The number of hydrogen-bond donors (Lipinski definition) is 1. The van der Waals surface area contributed by atoms with E-state index in [0.717, 1.165) is 22.7 Å². The van der Waals surface area contributed by atoms with E-state index < -0.39 is 17.6 Å². The van der Waals surface area contributed by atoms with Gasteiger partial charge >= 0.3 is 6.18 Å². The molecule has 0 bridgehead atoms. The number of nitriles is 1. The van der Waals surface area contributed by atoms with Crippen LogP contribution in [0.5, 0.6) is 0 Å². The van der Waals surface area contributed by atoms with Crippen LogP contribution in [0.15, 0.2) is 58.6 Å². The zero-order valence-corrected chi connectivity index (χ0v) is 13.6. The zero-order chi connectivity index (χ0) is 17.7. The second kappa shape index (κ2) is 7.32. The molecule has 1 amide bonds. The highest BCUT2D eigenvalue weighted by Crippen LogP contribution is 2.30. The van der Waals surface area contributed by atoms with E-state index in [0.29, 0.717) is 5.69 Å². The van der Waals surface area contributed by atoms with Crippen LogP contribution in [-0.2, 0) is 11.0 Å². The minimum absolute atomic E-state index is 0.118. The van der Waals surface area contributed by atoms with Crippen molar-refractivity contribution in [3.8, 4) is 6.07 Å². The van der Waals surface area contributed by atoms with Crippen LogP contribution >= 0.6 is 15.9 Å². The number of anilines is 1. The number of nitrogens with zero attached hydrogens (tertiary/aromatic N) is 1. The molecule has 7 heteroatoms. The predicted octanol–water partition coefficient (Wildman–Crippen LogP) is 5.01. The summed E-state index contributed by atoms with van der Waals surface area (Å²) in [5, 5.41) is 11.6. The lowest BCUT2D eigenvalue weighted by molar-refractivity contribution is -0.137. The first-order valence-corrected chi connectivity index (χ1v) is 7.45. The van der Waals surface area contributed by atoms with Gasteiger partial charge in [0.15, 0.2) is 0 Å². The van der Waals surface area contributed by atoms with Gasteiger partial charge < -0.3 is 5.32 Å². The molecule has 0 heterocycles. The van der Waals surface area contributed by atoms with Crippen molar-refractivity contribution in [3.05, 3.63) is 69.7 Å². The van der Waals surface area contributed by atoms with E-state index in [4.69, 9.17) is 5.26 Å². The Morgan fingerprint density at radius 1 is 1.17 bits per heavy atom. The number of alkyl halides is 3. The Labute approximate surface area is 144 Å². The number of nitrogens with one attached hydrogen (secondary N) is 1. The highest BCUT2D eigenvalue weighted by molar-refractivity contribution is 9.10. The van der Waals surface area contributed by atoms with Gasteiger partial charge in [-0.2, -0.15) is 18.4 Å². The minimum atomic E-state index is -4.49. The molecular formula is C17H10BrF3N2O. The Morgan fingerprint density at radius 2 is 1.83 bits per heavy atom. The summed E-state index contributed by atoms with van der Waals surface area (Å²) in [6, 6.07) is 12.8. The van der Waals surface area contributed by atoms with Crippen molar-refractivity contribution in [3.63, 3.8) is 0 Å². The maximum atomic E-state index is 12.7. The fourth-order valence-electron chi connectivity index (χ4n) is 1.85. The first kappa shape index (κ1) is 17.8. The first-order chi connectivity index (χ1) is 11.3. The number of hydrogen-bond acceptors (Lipinski definition) is 2. The molecule has 0 radical (unpaired) electrons. The van der Waals surface area contributed by atoms with E-state index >= 15 is 0 Å². The zero-order valence-electron chi connectivity index (χ0n) is 12.1. The summed E-state index contributed by atoms with van der Waals surface area (Å²) >= 11 is 3.25. The van der Waals surface area contributed by atoms with Crippen LogP contribution < -0.4 is 5.32 Å². The second-order valence-electron chi connectivity index (χ2n) is 4.75. The smallest absolute Gasteiger partial charge is 0.321 e. The monoisotopic (exact) mass is 394 g/mol. The van der Waals surface area contributed by atoms with Crippen LogP contribution in [0.25, 0.3) is 6.08 Å². The summed E-state index contributed by atoms with van der Waals surface area (Å²) in [7, 11) is 0. The van der Waals surface area contributed by atoms with E-state index in [1.54, 1.807) is 30.3 Å². The van der Waals surface area contributed by atoms with E-state index in [2.05, 4.69) is 21.2 Å². The van der Waals surface area contributed by atoms with Crippen LogP contribution in [0, 0.1) is 11.3 Å². The average molecular weight is 395 g/mol. The SMILES string of the molecule is N#C/C(=C/c1cccc(C(F)(F)F)c1)C(=O)Nc1ccc(Br)cc1. The van der Waals surface area contributed by atoms with Gasteiger partial charge in [-0.25, -0.2) is 0 Å². The third-order valence-electron chi connectivity index (χ3n) is 2.99. The molecule has 0 unspecified atom stereocenters. The minimum Gasteiger partial charge on any atom is -0.321 e. The van der Waals surface area contributed by atoms with Crippen LogP contribution in [0.3, 0.4) is 0 Å². The molecule has 0 atom stereocenters. The van der Waals surface area contributed by atoms with Gasteiger partial charge in [-0.3, -0.25) is 4.79 Å². The topological polar surface area (TPSA) is 52.9 Å². The van der Waals surface area contributed by atoms with Crippen LogP contribution in [0.1, 0.15) is 11.1 Å². The molecule has 122 valence electrons. The number of benzene rings is 2. The fraction of sp³-hybridized carbons (Fsp3) is 0.0588. The molecule has 2 aromatic rings. The van der Waals surface area contributed by atoms with Gasteiger partial charge in [0.2, 0.25) is 0 Å². The van der Waals surface area contributed by atoms with Crippen molar-refractivity contribution in [1.29, 1.82) is 5.26 Å². The van der Waals surface area contributed by atoms with Crippen molar-refractivity contribution >= 4 is 33.6 Å². The number of amides is 1. The van der Waals surface area contributed by atoms with Gasteiger partial charge in [-0.1, -0.05) is 28.1 Å². The largest absolute Gasteiger partial charge is 0.416 e. The fourth-order valence-corrected chi connectivity index (χ4v) is 2.12.